The minimum absolute atomic E-state index is 0. The Morgan fingerprint density at radius 1 is 1.15 bits per heavy atom. The number of rotatable bonds is 0. The lowest BCUT2D eigenvalue weighted by Gasteiger charge is -2.06. The zero-order chi connectivity index (χ0) is 7.68. The van der Waals surface area contributed by atoms with E-state index in [0.717, 1.165) is 11.3 Å². The molecule has 0 unspecified atom stereocenters. The van der Waals surface area contributed by atoms with E-state index in [4.69, 9.17) is 0 Å². The highest BCUT2D eigenvalue weighted by molar-refractivity contribution is 6.29. The topological polar surface area (TPSA) is 29.4 Å². The number of ketones is 1. The summed E-state index contributed by atoms with van der Waals surface area (Å²) < 4.78 is 0. The second-order valence-electron chi connectivity index (χ2n) is 2.53. The van der Waals surface area contributed by atoms with Gasteiger partial charge in [0.05, 0.1) is 11.9 Å². The minimum Gasteiger partial charge on any atom is -0.293 e. The molecule has 1 aliphatic heterocycles. The monoisotopic (exact) mass is 217 g/mol. The van der Waals surface area contributed by atoms with E-state index in [1.165, 1.54) is 6.21 Å². The minimum atomic E-state index is 0. The van der Waals surface area contributed by atoms with E-state index >= 15 is 0 Å². The van der Waals surface area contributed by atoms with Gasteiger partial charge < -0.3 is 0 Å². The summed E-state index contributed by atoms with van der Waals surface area (Å²) in [6.07, 6.45) is 1.89. The Kier molecular flexibility index (Phi) is 4.67. The first-order chi connectivity index (χ1) is 5.36. The summed E-state index contributed by atoms with van der Waals surface area (Å²) in [7, 11) is 0. The van der Waals surface area contributed by atoms with Crippen molar-refractivity contribution < 1.29 is 4.79 Å². The molecule has 1 aromatic carbocycles. The second kappa shape index (κ2) is 5.00. The molecule has 0 amide bonds. The molecule has 0 radical (unpaired) electrons. The maximum absolute atomic E-state index is 10.9. The van der Waals surface area contributed by atoms with Crippen molar-refractivity contribution in [2.75, 3.05) is 0 Å². The number of Topliss-reactive ketones (excluding diaryl/α,β-unsaturated/α-hetero) is 1. The van der Waals surface area contributed by atoms with E-state index in [2.05, 4.69) is 4.99 Å². The normalized spacial score (nSPS) is 12.5. The molecule has 0 saturated heterocycles. The molecular weight excluding hydrogens is 209 g/mol. The summed E-state index contributed by atoms with van der Waals surface area (Å²) in [4.78, 5) is 14.9. The highest BCUT2D eigenvalue weighted by Crippen LogP contribution is 2.21. The van der Waals surface area contributed by atoms with Crippen LogP contribution in [-0.2, 0) is 11.2 Å². The van der Waals surface area contributed by atoms with Crippen LogP contribution in [0.4, 0.5) is 5.69 Å². The first-order valence-corrected chi connectivity index (χ1v) is 3.51. The molecule has 0 aromatic heterocycles. The van der Waals surface area contributed by atoms with E-state index in [0.29, 0.717) is 6.42 Å². The van der Waals surface area contributed by atoms with Crippen LogP contribution in [0, 0.1) is 0 Å². The molecule has 4 heteroatoms. The smallest absolute Gasteiger partial charge is 0.178 e. The van der Waals surface area contributed by atoms with Crippen LogP contribution >= 0.6 is 24.8 Å². The van der Waals surface area contributed by atoms with E-state index < -0.39 is 0 Å². The number of hydrogen-bond donors (Lipinski definition) is 0. The molecule has 2 nitrogen and oxygen atoms in total. The average Bonchev–Trinajstić information content (AvgIpc) is 2.04. The highest BCUT2D eigenvalue weighted by atomic mass is 35.5. The fraction of sp³-hybridized carbons (Fsp3) is 0.111. The molecule has 0 saturated carbocycles. The molecule has 0 bridgehead atoms. The van der Waals surface area contributed by atoms with Crippen molar-refractivity contribution in [1.29, 1.82) is 0 Å². The van der Waals surface area contributed by atoms with Crippen molar-refractivity contribution in [2.45, 2.75) is 6.42 Å². The summed E-state index contributed by atoms with van der Waals surface area (Å²) in [5, 5.41) is 0. The van der Waals surface area contributed by atoms with E-state index in [1.54, 1.807) is 0 Å². The van der Waals surface area contributed by atoms with Crippen molar-refractivity contribution in [1.82, 2.24) is 0 Å². The van der Waals surface area contributed by atoms with Crippen LogP contribution in [0.15, 0.2) is 29.3 Å². The molecule has 1 aliphatic rings. The van der Waals surface area contributed by atoms with Gasteiger partial charge in [-0.05, 0) is 11.6 Å². The predicted octanol–water partition coefficient (Wildman–Crippen LogP) is 2.36. The maximum atomic E-state index is 10.9. The third-order valence-corrected chi connectivity index (χ3v) is 1.70. The van der Waals surface area contributed by atoms with Crippen LogP contribution in [0.3, 0.4) is 0 Å². The Morgan fingerprint density at radius 3 is 2.62 bits per heavy atom. The zero-order valence-electron chi connectivity index (χ0n) is 6.77. The number of fused-ring (bicyclic) bond motifs is 1. The van der Waals surface area contributed by atoms with Crippen LogP contribution in [0.5, 0.6) is 0 Å². The van der Waals surface area contributed by atoms with Gasteiger partial charge in [0, 0.05) is 6.42 Å². The Labute approximate surface area is 88.9 Å². The lowest BCUT2D eigenvalue weighted by molar-refractivity contribution is -0.112. The van der Waals surface area contributed by atoms with Crippen molar-refractivity contribution in [3.05, 3.63) is 29.8 Å². The van der Waals surface area contributed by atoms with Crippen molar-refractivity contribution in [3.63, 3.8) is 0 Å². The lowest BCUT2D eigenvalue weighted by atomic mass is 10.1. The Balaban J connectivity index is 0.000000720. The molecule has 0 aliphatic carbocycles. The summed E-state index contributed by atoms with van der Waals surface area (Å²) in [5.74, 6) is 0.0868. The molecular formula is C9H9Cl2NO. The number of halogens is 2. The van der Waals surface area contributed by atoms with Crippen LogP contribution in [0.25, 0.3) is 0 Å². The van der Waals surface area contributed by atoms with E-state index in [1.807, 2.05) is 24.3 Å². The van der Waals surface area contributed by atoms with Gasteiger partial charge in [0.1, 0.15) is 0 Å². The first kappa shape index (κ1) is 12.1. The van der Waals surface area contributed by atoms with Crippen molar-refractivity contribution >= 4 is 42.5 Å². The molecule has 13 heavy (non-hydrogen) atoms. The van der Waals surface area contributed by atoms with Gasteiger partial charge >= 0.3 is 0 Å². The lowest BCUT2D eigenvalue weighted by Crippen LogP contribution is -2.07. The number of aliphatic imine (C=N–C) groups is 1. The highest BCUT2D eigenvalue weighted by Gasteiger charge is 2.09. The van der Waals surface area contributed by atoms with E-state index in [9.17, 15) is 4.79 Å². The first-order valence-electron chi connectivity index (χ1n) is 3.51. The van der Waals surface area contributed by atoms with Gasteiger partial charge in [-0.2, -0.15) is 0 Å². The quantitative estimate of drug-likeness (QED) is 0.657. The number of hydrogen-bond acceptors (Lipinski definition) is 2. The number of nitrogens with zero attached hydrogens (tertiary/aromatic N) is 1. The Hall–Kier alpha value is -0.860. The van der Waals surface area contributed by atoms with Gasteiger partial charge in [-0.3, -0.25) is 9.79 Å². The fourth-order valence-electron chi connectivity index (χ4n) is 1.16. The van der Waals surface area contributed by atoms with Crippen LogP contribution < -0.4 is 0 Å². The number of para-hydroxylation sites is 1. The third kappa shape index (κ3) is 2.54. The largest absolute Gasteiger partial charge is 0.293 e. The molecule has 0 fully saturated rings. The van der Waals surface area contributed by atoms with Crippen molar-refractivity contribution in [2.24, 2.45) is 4.99 Å². The van der Waals surface area contributed by atoms with Gasteiger partial charge in [-0.1, -0.05) is 18.2 Å². The molecule has 0 atom stereocenters. The van der Waals surface area contributed by atoms with Crippen molar-refractivity contribution in [3.8, 4) is 0 Å². The average molecular weight is 218 g/mol. The molecule has 2 rings (SSSR count). The maximum Gasteiger partial charge on any atom is 0.178 e. The van der Waals surface area contributed by atoms with Gasteiger partial charge in [0.2, 0.25) is 0 Å². The van der Waals surface area contributed by atoms with Gasteiger partial charge in [0.15, 0.2) is 5.78 Å². The molecule has 0 N–H and O–H groups in total. The molecule has 70 valence electrons. The third-order valence-electron chi connectivity index (χ3n) is 1.70. The predicted molar refractivity (Wildman–Crippen MR) is 57.8 cm³/mol. The number of benzene rings is 1. The van der Waals surface area contributed by atoms with Crippen LogP contribution in [0.1, 0.15) is 5.56 Å². The summed E-state index contributed by atoms with van der Waals surface area (Å²) >= 11 is 0. The summed E-state index contributed by atoms with van der Waals surface area (Å²) in [6.45, 7) is 0. The second-order valence-corrected chi connectivity index (χ2v) is 2.53. The molecule has 1 aromatic rings. The number of carbonyl (C=O) groups excluding carboxylic acids is 1. The summed E-state index contributed by atoms with van der Waals surface area (Å²) in [5.41, 5.74) is 1.95. The SMILES string of the molecule is Cl.Cl.O=C1C=Nc2ccccc2C1. The van der Waals surface area contributed by atoms with Gasteiger partial charge in [-0.25, -0.2) is 0 Å². The van der Waals surface area contributed by atoms with Crippen LogP contribution in [0.2, 0.25) is 0 Å². The zero-order valence-corrected chi connectivity index (χ0v) is 8.40. The van der Waals surface area contributed by atoms with E-state index in [-0.39, 0.29) is 30.6 Å². The van der Waals surface area contributed by atoms with Gasteiger partial charge in [-0.15, -0.1) is 24.8 Å². The molecule has 1 heterocycles. The number of carbonyl (C=O) groups is 1. The fourth-order valence-corrected chi connectivity index (χ4v) is 1.16. The van der Waals surface area contributed by atoms with Crippen LogP contribution in [-0.4, -0.2) is 12.0 Å². The molecule has 0 spiro atoms. The summed E-state index contributed by atoms with van der Waals surface area (Å²) in [6, 6.07) is 7.70. The van der Waals surface area contributed by atoms with Gasteiger partial charge in [0.25, 0.3) is 0 Å². The Morgan fingerprint density at radius 2 is 1.85 bits per heavy atom. The standard InChI is InChI=1S/C9H7NO.2ClH/c11-8-5-7-3-1-2-4-9(7)10-6-8;;/h1-4,6H,5H2;2*1H. The Bertz CT molecular complexity index is 336.